The van der Waals surface area contributed by atoms with Crippen molar-refractivity contribution < 1.29 is 14.3 Å². The molecule has 2 fully saturated rings. The lowest BCUT2D eigenvalue weighted by Gasteiger charge is -2.37. The number of ether oxygens (including phenoxy) is 1. The predicted octanol–water partition coefficient (Wildman–Crippen LogP) is 1.94. The lowest BCUT2D eigenvalue weighted by atomic mass is 10.0. The minimum Gasteiger partial charge on any atom is -0.444 e. The molecule has 1 atom stereocenters. The number of nitrogens with zero attached hydrogens (tertiary/aromatic N) is 3. The molecule has 0 radical (unpaired) electrons. The fraction of sp³-hybridized carbons (Fsp3) is 0.882. The van der Waals surface area contributed by atoms with Crippen molar-refractivity contribution in [2.75, 3.05) is 33.7 Å². The monoisotopic (exact) mass is 325 g/mol. The van der Waals surface area contributed by atoms with Gasteiger partial charge in [-0.2, -0.15) is 0 Å². The second-order valence-corrected chi connectivity index (χ2v) is 7.85. The summed E-state index contributed by atoms with van der Waals surface area (Å²) in [6.07, 6.45) is 3.24. The van der Waals surface area contributed by atoms with Crippen LogP contribution in [0.25, 0.3) is 0 Å². The van der Waals surface area contributed by atoms with Crippen molar-refractivity contribution >= 4 is 12.0 Å². The summed E-state index contributed by atoms with van der Waals surface area (Å²) in [4.78, 5) is 30.9. The number of hydrogen-bond donors (Lipinski definition) is 0. The summed E-state index contributed by atoms with van der Waals surface area (Å²) in [5.41, 5.74) is -0.530. The number of rotatable bonds is 2. The Bertz CT molecular complexity index is 437. The molecule has 0 aliphatic carbocycles. The van der Waals surface area contributed by atoms with Gasteiger partial charge in [0.1, 0.15) is 11.6 Å². The highest BCUT2D eigenvalue weighted by atomic mass is 16.6. The van der Waals surface area contributed by atoms with Gasteiger partial charge in [-0.25, -0.2) is 4.79 Å². The van der Waals surface area contributed by atoms with E-state index in [9.17, 15) is 9.59 Å². The largest absolute Gasteiger partial charge is 0.444 e. The van der Waals surface area contributed by atoms with Crippen molar-refractivity contribution in [2.45, 2.75) is 64.1 Å². The number of amides is 2. The summed E-state index contributed by atoms with van der Waals surface area (Å²) < 4.78 is 5.45. The molecule has 0 aromatic heterocycles. The van der Waals surface area contributed by atoms with Crippen LogP contribution in [0.2, 0.25) is 0 Å². The van der Waals surface area contributed by atoms with Gasteiger partial charge in [0.15, 0.2) is 0 Å². The maximum Gasteiger partial charge on any atom is 0.410 e. The molecule has 2 aliphatic rings. The number of likely N-dealkylation sites (tertiary alicyclic amines) is 2. The first kappa shape index (κ1) is 18.0. The number of carbonyl (C=O) groups excluding carboxylic acids is 2. The third kappa shape index (κ3) is 4.59. The van der Waals surface area contributed by atoms with Gasteiger partial charge in [0.25, 0.3) is 0 Å². The molecule has 0 aromatic rings. The van der Waals surface area contributed by atoms with Crippen LogP contribution in [0, 0.1) is 0 Å². The number of carbonyl (C=O) groups is 2. The summed E-state index contributed by atoms with van der Waals surface area (Å²) in [6.45, 7) is 7.72. The number of hydrogen-bond acceptors (Lipinski definition) is 4. The maximum atomic E-state index is 12.8. The Morgan fingerprint density at radius 3 is 2.17 bits per heavy atom. The molecule has 23 heavy (non-hydrogen) atoms. The summed E-state index contributed by atoms with van der Waals surface area (Å²) >= 11 is 0. The SMILES string of the molecule is CN(C)C1CCN(C(=O)[C@H]2CCCN2C(=O)OC(C)(C)C)CC1. The maximum absolute atomic E-state index is 12.8. The van der Waals surface area contributed by atoms with Crippen LogP contribution in [-0.4, -0.2) is 78.1 Å². The third-order valence-corrected chi connectivity index (χ3v) is 4.67. The van der Waals surface area contributed by atoms with Crippen LogP contribution in [0.5, 0.6) is 0 Å². The van der Waals surface area contributed by atoms with Crippen molar-refractivity contribution in [3.05, 3.63) is 0 Å². The van der Waals surface area contributed by atoms with Crippen LogP contribution in [0.1, 0.15) is 46.5 Å². The van der Waals surface area contributed by atoms with Gasteiger partial charge >= 0.3 is 6.09 Å². The Morgan fingerprint density at radius 2 is 1.65 bits per heavy atom. The van der Waals surface area contributed by atoms with Crippen molar-refractivity contribution in [3.8, 4) is 0 Å². The lowest BCUT2D eigenvalue weighted by Crippen LogP contribution is -2.52. The van der Waals surface area contributed by atoms with Crippen LogP contribution in [0.4, 0.5) is 4.79 Å². The van der Waals surface area contributed by atoms with Crippen molar-refractivity contribution in [1.29, 1.82) is 0 Å². The van der Waals surface area contributed by atoms with E-state index >= 15 is 0 Å². The second-order valence-electron chi connectivity index (χ2n) is 7.85. The average Bonchev–Trinajstić information content (AvgIpc) is 2.94. The molecule has 6 nitrogen and oxygen atoms in total. The molecule has 0 spiro atoms. The smallest absolute Gasteiger partial charge is 0.410 e. The van der Waals surface area contributed by atoms with E-state index in [-0.39, 0.29) is 18.0 Å². The molecule has 0 N–H and O–H groups in total. The first-order chi connectivity index (χ1) is 10.7. The molecule has 0 bridgehead atoms. The van der Waals surface area contributed by atoms with Gasteiger partial charge in [-0.15, -0.1) is 0 Å². The van der Waals surface area contributed by atoms with Crippen LogP contribution < -0.4 is 0 Å². The molecule has 2 amide bonds. The average molecular weight is 325 g/mol. The van der Waals surface area contributed by atoms with Gasteiger partial charge in [-0.05, 0) is 60.5 Å². The van der Waals surface area contributed by atoms with Gasteiger partial charge in [0.2, 0.25) is 5.91 Å². The zero-order valence-corrected chi connectivity index (χ0v) is 15.2. The van der Waals surface area contributed by atoms with Gasteiger partial charge in [-0.3, -0.25) is 9.69 Å². The van der Waals surface area contributed by atoms with E-state index in [0.717, 1.165) is 38.8 Å². The molecule has 2 rings (SSSR count). The fourth-order valence-electron chi connectivity index (χ4n) is 3.38. The summed E-state index contributed by atoms with van der Waals surface area (Å²) in [5.74, 6) is 0.0885. The van der Waals surface area contributed by atoms with E-state index in [2.05, 4.69) is 19.0 Å². The molecule has 0 saturated carbocycles. The van der Waals surface area contributed by atoms with Crippen LogP contribution >= 0.6 is 0 Å². The lowest BCUT2D eigenvalue weighted by molar-refractivity contribution is -0.137. The number of piperidine rings is 1. The van der Waals surface area contributed by atoms with Crippen molar-refractivity contribution in [1.82, 2.24) is 14.7 Å². The topological polar surface area (TPSA) is 53.1 Å². The second kappa shape index (κ2) is 7.07. The summed E-state index contributed by atoms with van der Waals surface area (Å²) in [6, 6.07) is 0.199. The zero-order valence-electron chi connectivity index (χ0n) is 15.2. The molecule has 0 unspecified atom stereocenters. The normalized spacial score (nSPS) is 23.5. The summed E-state index contributed by atoms with van der Waals surface area (Å²) in [7, 11) is 4.17. The third-order valence-electron chi connectivity index (χ3n) is 4.67. The fourth-order valence-corrected chi connectivity index (χ4v) is 3.38. The molecule has 2 heterocycles. The predicted molar refractivity (Wildman–Crippen MR) is 89.3 cm³/mol. The molecule has 6 heteroatoms. The van der Waals surface area contributed by atoms with Crippen LogP contribution in [0.15, 0.2) is 0 Å². The molecule has 2 aliphatic heterocycles. The van der Waals surface area contributed by atoms with Gasteiger partial charge in [0, 0.05) is 25.7 Å². The van der Waals surface area contributed by atoms with E-state index in [1.165, 1.54) is 0 Å². The van der Waals surface area contributed by atoms with E-state index < -0.39 is 5.60 Å². The highest BCUT2D eigenvalue weighted by Crippen LogP contribution is 2.24. The standard InChI is InChI=1S/C17H31N3O3/c1-17(2,3)23-16(22)20-10-6-7-14(20)15(21)19-11-8-13(9-12-19)18(4)5/h13-14H,6-12H2,1-5H3/t14-/m1/s1. The highest BCUT2D eigenvalue weighted by molar-refractivity contribution is 5.86. The van der Waals surface area contributed by atoms with Crippen molar-refractivity contribution in [3.63, 3.8) is 0 Å². The Hall–Kier alpha value is -1.30. The van der Waals surface area contributed by atoms with E-state index in [1.807, 2.05) is 25.7 Å². The first-order valence-electron chi connectivity index (χ1n) is 8.64. The Labute approximate surface area is 139 Å². The molecular formula is C17H31N3O3. The quantitative estimate of drug-likeness (QED) is 0.778. The first-order valence-corrected chi connectivity index (χ1v) is 8.64. The van der Waals surface area contributed by atoms with Crippen LogP contribution in [0.3, 0.4) is 0 Å². The van der Waals surface area contributed by atoms with Gasteiger partial charge in [0.05, 0.1) is 0 Å². The zero-order chi connectivity index (χ0) is 17.2. The molecular weight excluding hydrogens is 294 g/mol. The Kier molecular flexibility index (Phi) is 5.55. The van der Waals surface area contributed by atoms with E-state index in [1.54, 1.807) is 4.90 Å². The Balaban J connectivity index is 1.95. The Morgan fingerprint density at radius 1 is 1.04 bits per heavy atom. The van der Waals surface area contributed by atoms with E-state index in [4.69, 9.17) is 4.74 Å². The molecule has 2 saturated heterocycles. The molecule has 0 aromatic carbocycles. The molecule has 132 valence electrons. The van der Waals surface area contributed by atoms with E-state index in [0.29, 0.717) is 12.6 Å². The van der Waals surface area contributed by atoms with Crippen molar-refractivity contribution in [2.24, 2.45) is 0 Å². The minimum absolute atomic E-state index is 0.0885. The minimum atomic E-state index is -0.530. The van der Waals surface area contributed by atoms with Gasteiger partial charge < -0.3 is 14.5 Å². The highest BCUT2D eigenvalue weighted by Gasteiger charge is 2.39. The van der Waals surface area contributed by atoms with Crippen LogP contribution in [-0.2, 0) is 9.53 Å². The summed E-state index contributed by atoms with van der Waals surface area (Å²) in [5, 5.41) is 0. The van der Waals surface area contributed by atoms with Gasteiger partial charge in [-0.1, -0.05) is 0 Å².